The van der Waals surface area contributed by atoms with Gasteiger partial charge in [-0.25, -0.2) is 9.97 Å². The molecule has 4 nitrogen and oxygen atoms in total. The van der Waals surface area contributed by atoms with Gasteiger partial charge in [-0.05, 0) is 184 Å². The number of benzene rings is 8. The van der Waals surface area contributed by atoms with E-state index in [0.29, 0.717) is 0 Å². The van der Waals surface area contributed by atoms with E-state index < -0.39 is 0 Å². The summed E-state index contributed by atoms with van der Waals surface area (Å²) >= 11 is 0. The van der Waals surface area contributed by atoms with E-state index in [-0.39, 0.29) is 27.1 Å². The summed E-state index contributed by atoms with van der Waals surface area (Å²) in [5, 5.41) is 0. The minimum atomic E-state index is -0.199. The molecule has 4 heteroatoms. The Bertz CT molecular complexity index is 3950. The molecule has 2 aromatic heterocycles. The van der Waals surface area contributed by atoms with Gasteiger partial charge in [-0.2, -0.15) is 0 Å². The Labute approximate surface area is 492 Å². The molecular weight excluding hydrogens is 1000 g/mol. The van der Waals surface area contributed by atoms with Crippen molar-refractivity contribution in [2.75, 3.05) is 9.80 Å². The molecule has 8 aromatic carbocycles. The van der Waals surface area contributed by atoms with Gasteiger partial charge >= 0.3 is 0 Å². The summed E-state index contributed by atoms with van der Waals surface area (Å²) in [6.07, 6.45) is 12.9. The first-order valence-electron chi connectivity index (χ1n) is 29.5. The van der Waals surface area contributed by atoms with Crippen molar-refractivity contribution < 1.29 is 0 Å². The Hall–Kier alpha value is -8.86. The summed E-state index contributed by atoms with van der Waals surface area (Å²) in [6, 6.07) is 72.2. The molecule has 3 aliphatic carbocycles. The van der Waals surface area contributed by atoms with Crippen molar-refractivity contribution in [1.29, 1.82) is 0 Å². The molecule has 0 atom stereocenters. The highest BCUT2D eigenvalue weighted by Gasteiger charge is 2.39. The van der Waals surface area contributed by atoms with Gasteiger partial charge in [0.05, 0.1) is 0 Å². The summed E-state index contributed by atoms with van der Waals surface area (Å²) in [5.41, 5.74) is 27.3. The van der Waals surface area contributed by atoms with Crippen LogP contribution in [0.25, 0.3) is 57.7 Å². The molecule has 0 saturated heterocycles. The van der Waals surface area contributed by atoms with Crippen LogP contribution in [0.5, 0.6) is 0 Å². The van der Waals surface area contributed by atoms with Crippen molar-refractivity contribution >= 4 is 58.7 Å². The molecule has 0 aliphatic heterocycles. The van der Waals surface area contributed by atoms with Crippen molar-refractivity contribution in [3.8, 4) is 33.4 Å². The third-order valence-corrected chi connectivity index (χ3v) is 18.3. The smallest absolute Gasteiger partial charge is 0.137 e. The first kappa shape index (κ1) is 53.5. The van der Waals surface area contributed by atoms with Gasteiger partial charge in [-0.3, -0.25) is 9.80 Å². The molecule has 0 fully saturated rings. The van der Waals surface area contributed by atoms with E-state index in [1.807, 2.05) is 24.5 Å². The monoisotopic (exact) mass is 1080 g/mol. The van der Waals surface area contributed by atoms with Crippen LogP contribution in [-0.2, 0) is 27.1 Å². The summed E-state index contributed by atoms with van der Waals surface area (Å²) in [7, 11) is 0. The number of rotatable bonds is 10. The van der Waals surface area contributed by atoms with Crippen LogP contribution >= 0.6 is 0 Å². The van der Waals surface area contributed by atoms with E-state index in [0.717, 1.165) is 34.4 Å². The van der Waals surface area contributed by atoms with Gasteiger partial charge in [0.15, 0.2) is 0 Å². The second-order valence-electron chi connectivity index (χ2n) is 26.9. The number of hydrogen-bond acceptors (Lipinski definition) is 4. The van der Waals surface area contributed by atoms with Crippen LogP contribution in [0.15, 0.2) is 207 Å². The van der Waals surface area contributed by atoms with E-state index in [1.165, 1.54) is 100 Å². The SMILES string of the molecule is CC(C)(C)c1ccc(N(c2ccc3c(c2)C(C)(C)c2cc(C=Cc4ccc5c(c4)C(C)(C)c4cc(C=Cc6ccc7c(c6)C(C)(C)c6cc(N(c8ccc(C(C)(C)C)cc8)c8ccccn8)ccc6-7)ccc4-5)ccc2-3)c2ccccn2)cc1. The van der Waals surface area contributed by atoms with E-state index in [2.05, 4.69) is 299 Å². The average Bonchev–Trinajstić information content (AvgIpc) is 3.95. The summed E-state index contributed by atoms with van der Waals surface area (Å²) < 4.78 is 0. The highest BCUT2D eigenvalue weighted by molar-refractivity contribution is 5.90. The molecule has 0 radical (unpaired) electrons. The van der Waals surface area contributed by atoms with Gasteiger partial charge in [0, 0.05) is 51.4 Å². The fraction of sp³-hybridized carbons (Fsp3) is 0.215. The zero-order chi connectivity index (χ0) is 57.8. The lowest BCUT2D eigenvalue weighted by Gasteiger charge is -2.28. The van der Waals surface area contributed by atoms with Gasteiger partial charge in [0.2, 0.25) is 0 Å². The topological polar surface area (TPSA) is 32.3 Å². The molecule has 10 aromatic rings. The Kier molecular flexibility index (Phi) is 12.7. The third-order valence-electron chi connectivity index (χ3n) is 18.3. The number of hydrogen-bond donors (Lipinski definition) is 0. The molecule has 2 heterocycles. The zero-order valence-corrected chi connectivity index (χ0v) is 50.2. The Balaban J connectivity index is 0.724. The normalized spacial score (nSPS) is 14.9. The minimum absolute atomic E-state index is 0.0711. The Morgan fingerprint density at radius 3 is 0.831 bits per heavy atom. The molecule has 83 heavy (non-hydrogen) atoms. The predicted molar refractivity (Wildman–Crippen MR) is 352 cm³/mol. The number of pyridine rings is 2. The van der Waals surface area contributed by atoms with Gasteiger partial charge in [-0.1, -0.05) is 229 Å². The Morgan fingerprint density at radius 2 is 0.566 bits per heavy atom. The van der Waals surface area contributed by atoms with Crippen LogP contribution in [0, 0.1) is 0 Å². The highest BCUT2D eigenvalue weighted by atomic mass is 15.2. The molecule has 0 amide bonds. The number of anilines is 6. The lowest BCUT2D eigenvalue weighted by Crippen LogP contribution is -2.17. The maximum absolute atomic E-state index is 4.84. The summed E-state index contributed by atoms with van der Waals surface area (Å²) in [5.74, 6) is 1.80. The number of aromatic nitrogens is 2. The van der Waals surface area contributed by atoms with Crippen LogP contribution in [0.3, 0.4) is 0 Å². The van der Waals surface area contributed by atoms with E-state index >= 15 is 0 Å². The second kappa shape index (κ2) is 19.7. The number of fused-ring (bicyclic) bond motifs is 9. The maximum atomic E-state index is 4.84. The fourth-order valence-corrected chi connectivity index (χ4v) is 13.4. The molecule has 0 bridgehead atoms. The molecule has 410 valence electrons. The highest BCUT2D eigenvalue weighted by Crippen LogP contribution is 2.54. The standard InChI is InChI=1S/C79H74N4/c1-75(2,3)55-27-31-57(32-28-55)82(73-17-13-15-43-80-73)59-35-41-65-63-39-25-53(47-69(63)78(9,10)71(65)49-59)21-19-51-23-37-61-62-38-24-52(46-68(62)77(7,8)67(61)45-51)20-22-54-26-40-64-66-42-36-60(50-72(66)79(11,12)70(64)48-54)83(74-18-14-16-44-81-74)58-33-29-56(30-34-58)76(4,5)6/h13-50H,1-12H3. The van der Waals surface area contributed by atoms with Gasteiger partial charge in [0.25, 0.3) is 0 Å². The largest absolute Gasteiger partial charge is 0.295 e. The zero-order valence-electron chi connectivity index (χ0n) is 50.2. The molecule has 13 rings (SSSR count). The average molecular weight is 1080 g/mol. The van der Waals surface area contributed by atoms with Gasteiger partial charge in [-0.15, -0.1) is 0 Å². The van der Waals surface area contributed by atoms with Crippen LogP contribution in [-0.4, -0.2) is 9.97 Å². The Morgan fingerprint density at radius 1 is 0.301 bits per heavy atom. The lowest BCUT2D eigenvalue weighted by molar-refractivity contribution is 0.590. The van der Waals surface area contributed by atoms with Crippen LogP contribution in [0.4, 0.5) is 34.4 Å². The van der Waals surface area contributed by atoms with Gasteiger partial charge < -0.3 is 0 Å². The molecule has 0 N–H and O–H groups in total. The number of nitrogens with zero attached hydrogens (tertiary/aromatic N) is 4. The molecular formula is C79H74N4. The fourth-order valence-electron chi connectivity index (χ4n) is 13.4. The summed E-state index contributed by atoms with van der Waals surface area (Å²) in [4.78, 5) is 14.2. The van der Waals surface area contributed by atoms with Crippen molar-refractivity contribution in [2.45, 2.75) is 110 Å². The van der Waals surface area contributed by atoms with Crippen molar-refractivity contribution in [2.24, 2.45) is 0 Å². The van der Waals surface area contributed by atoms with Crippen LogP contribution < -0.4 is 9.80 Å². The van der Waals surface area contributed by atoms with Crippen LogP contribution in [0.1, 0.15) is 150 Å². The van der Waals surface area contributed by atoms with Gasteiger partial charge in [0.1, 0.15) is 11.6 Å². The van der Waals surface area contributed by atoms with Crippen LogP contribution in [0.2, 0.25) is 0 Å². The molecule has 0 spiro atoms. The van der Waals surface area contributed by atoms with Crippen molar-refractivity contribution in [3.63, 3.8) is 0 Å². The first-order valence-corrected chi connectivity index (χ1v) is 29.5. The summed E-state index contributed by atoms with van der Waals surface area (Å²) in [6.45, 7) is 27.8. The molecule has 3 aliphatic rings. The predicted octanol–water partition coefficient (Wildman–Crippen LogP) is 21.3. The minimum Gasteiger partial charge on any atom is -0.295 e. The molecule has 0 saturated carbocycles. The lowest BCUT2D eigenvalue weighted by atomic mass is 9.81. The first-order chi connectivity index (χ1) is 39.6. The molecule has 0 unspecified atom stereocenters. The van der Waals surface area contributed by atoms with E-state index in [4.69, 9.17) is 9.97 Å². The quantitative estimate of drug-likeness (QED) is 0.128. The van der Waals surface area contributed by atoms with Crippen molar-refractivity contribution in [1.82, 2.24) is 9.97 Å². The van der Waals surface area contributed by atoms with E-state index in [9.17, 15) is 0 Å². The van der Waals surface area contributed by atoms with E-state index in [1.54, 1.807) is 0 Å². The maximum Gasteiger partial charge on any atom is 0.137 e. The van der Waals surface area contributed by atoms with Crippen molar-refractivity contribution in [3.05, 3.63) is 273 Å². The third kappa shape index (κ3) is 9.33. The second-order valence-corrected chi connectivity index (χ2v) is 26.9.